The molecule has 9 nitrogen and oxygen atoms in total. The van der Waals surface area contributed by atoms with Gasteiger partial charge in [-0.1, -0.05) is 12.1 Å². The Bertz CT molecular complexity index is 830. The van der Waals surface area contributed by atoms with Gasteiger partial charge in [-0.2, -0.15) is 0 Å². The van der Waals surface area contributed by atoms with Gasteiger partial charge in [0.1, 0.15) is 5.70 Å². The van der Waals surface area contributed by atoms with Crippen LogP contribution in [0.3, 0.4) is 0 Å². The molecule has 9 heteroatoms. The van der Waals surface area contributed by atoms with Gasteiger partial charge in [0.25, 0.3) is 5.91 Å². The van der Waals surface area contributed by atoms with E-state index in [1.54, 1.807) is 24.3 Å². The first kappa shape index (κ1) is 18.6. The molecule has 1 aromatic rings. The smallest absolute Gasteiger partial charge is 0.337 e. The molecule has 0 saturated carbocycles. The van der Waals surface area contributed by atoms with Gasteiger partial charge in [-0.25, -0.2) is 4.79 Å². The summed E-state index contributed by atoms with van der Waals surface area (Å²) in [5, 5.41) is 14.3. The summed E-state index contributed by atoms with van der Waals surface area (Å²) in [5.74, 6) is -2.19. The summed E-state index contributed by atoms with van der Waals surface area (Å²) in [4.78, 5) is 48.9. The number of anilines is 1. The Labute approximate surface area is 155 Å². The van der Waals surface area contributed by atoms with E-state index in [1.807, 2.05) is 0 Å². The standard InChI is InChI=1S/C18H19N3O6/c1-27-18(26)13-9-21(6-7-22)17(25)15(13)19-11-4-2-10(3-5-11)12-8-14(23)20-16(12)24/h2-5,12,19,22H,6-9H2,1H3,(H,20,23,24). The number of ether oxygens (including phenoxy) is 1. The number of amides is 3. The topological polar surface area (TPSA) is 125 Å². The minimum atomic E-state index is -0.621. The zero-order valence-corrected chi connectivity index (χ0v) is 14.7. The van der Waals surface area contributed by atoms with Gasteiger partial charge < -0.3 is 20.1 Å². The molecule has 3 amide bonds. The summed E-state index contributed by atoms with van der Waals surface area (Å²) in [6.07, 6.45) is 0.109. The Morgan fingerprint density at radius 1 is 1.30 bits per heavy atom. The second kappa shape index (κ2) is 7.58. The lowest BCUT2D eigenvalue weighted by Gasteiger charge is -2.15. The maximum absolute atomic E-state index is 12.5. The van der Waals surface area contributed by atoms with Crippen LogP contribution in [0.5, 0.6) is 0 Å². The lowest BCUT2D eigenvalue weighted by atomic mass is 9.97. The average Bonchev–Trinajstić information content (AvgIpc) is 3.15. The summed E-state index contributed by atoms with van der Waals surface area (Å²) in [5.41, 5.74) is 1.50. The highest BCUT2D eigenvalue weighted by Crippen LogP contribution is 2.27. The summed E-state index contributed by atoms with van der Waals surface area (Å²) < 4.78 is 4.73. The molecule has 3 rings (SSSR count). The van der Waals surface area contributed by atoms with Crippen LogP contribution in [-0.2, 0) is 23.9 Å². The Morgan fingerprint density at radius 2 is 2.00 bits per heavy atom. The number of carbonyl (C=O) groups excluding carboxylic acids is 4. The van der Waals surface area contributed by atoms with Crippen LogP contribution < -0.4 is 10.6 Å². The zero-order valence-electron chi connectivity index (χ0n) is 14.7. The van der Waals surface area contributed by atoms with E-state index in [-0.39, 0.29) is 49.2 Å². The van der Waals surface area contributed by atoms with Crippen LogP contribution in [0, 0.1) is 0 Å². The molecule has 3 N–H and O–H groups in total. The monoisotopic (exact) mass is 373 g/mol. The number of imide groups is 1. The fraction of sp³-hybridized carbons (Fsp3) is 0.333. The van der Waals surface area contributed by atoms with Crippen molar-refractivity contribution < 1.29 is 29.0 Å². The Kier molecular flexibility index (Phi) is 5.22. The molecule has 1 saturated heterocycles. The molecule has 1 fully saturated rings. The number of carbonyl (C=O) groups is 4. The number of aliphatic hydroxyl groups is 1. The molecular weight excluding hydrogens is 354 g/mol. The van der Waals surface area contributed by atoms with Gasteiger partial charge in [0.05, 0.1) is 31.8 Å². The van der Waals surface area contributed by atoms with E-state index in [2.05, 4.69) is 10.6 Å². The van der Waals surface area contributed by atoms with Gasteiger partial charge in [-0.05, 0) is 17.7 Å². The highest BCUT2D eigenvalue weighted by molar-refractivity contribution is 6.08. The highest BCUT2D eigenvalue weighted by Gasteiger charge is 2.35. The summed E-state index contributed by atoms with van der Waals surface area (Å²) in [6, 6.07) is 6.70. The quantitative estimate of drug-likeness (QED) is 0.453. The number of β-amino-alcohol motifs (C(OH)–C–C–N with tert-alkyl or cyclic N) is 1. The van der Waals surface area contributed by atoms with E-state index in [9.17, 15) is 19.2 Å². The van der Waals surface area contributed by atoms with E-state index in [0.29, 0.717) is 11.3 Å². The number of nitrogens with one attached hydrogen (secondary N) is 2. The third-order valence-corrected chi connectivity index (χ3v) is 4.50. The number of rotatable bonds is 6. The number of hydrogen-bond acceptors (Lipinski definition) is 7. The van der Waals surface area contributed by atoms with Gasteiger partial charge in [-0.3, -0.25) is 19.7 Å². The van der Waals surface area contributed by atoms with Crippen molar-refractivity contribution in [2.24, 2.45) is 0 Å². The van der Waals surface area contributed by atoms with Crippen molar-refractivity contribution in [3.05, 3.63) is 41.1 Å². The molecule has 142 valence electrons. The molecule has 0 aromatic heterocycles. The predicted molar refractivity (Wildman–Crippen MR) is 93.3 cm³/mol. The van der Waals surface area contributed by atoms with Crippen molar-refractivity contribution in [1.82, 2.24) is 10.2 Å². The van der Waals surface area contributed by atoms with E-state index >= 15 is 0 Å². The number of hydrogen-bond donors (Lipinski definition) is 3. The number of nitrogens with zero attached hydrogens (tertiary/aromatic N) is 1. The summed E-state index contributed by atoms with van der Waals surface area (Å²) in [7, 11) is 1.23. The molecular formula is C18H19N3O6. The lowest BCUT2D eigenvalue weighted by molar-refractivity contribution is -0.136. The maximum Gasteiger partial charge on any atom is 0.337 e. The number of aliphatic hydroxyl groups excluding tert-OH is 1. The second-order valence-corrected chi connectivity index (χ2v) is 6.21. The third-order valence-electron chi connectivity index (χ3n) is 4.50. The van der Waals surface area contributed by atoms with Crippen LogP contribution in [0.15, 0.2) is 35.5 Å². The lowest BCUT2D eigenvalue weighted by Crippen LogP contribution is -2.31. The Morgan fingerprint density at radius 3 is 2.56 bits per heavy atom. The van der Waals surface area contributed by atoms with Crippen molar-refractivity contribution in [2.75, 3.05) is 32.1 Å². The first-order valence-corrected chi connectivity index (χ1v) is 8.37. The minimum Gasteiger partial charge on any atom is -0.466 e. The van der Waals surface area contributed by atoms with Crippen LogP contribution in [-0.4, -0.2) is 60.5 Å². The van der Waals surface area contributed by atoms with Gasteiger partial charge in [0.15, 0.2) is 0 Å². The fourth-order valence-electron chi connectivity index (χ4n) is 3.11. The number of methoxy groups -OCH3 is 1. The van der Waals surface area contributed by atoms with E-state index in [0.717, 1.165) is 0 Å². The van der Waals surface area contributed by atoms with Crippen LogP contribution >= 0.6 is 0 Å². The van der Waals surface area contributed by atoms with Crippen molar-refractivity contribution in [3.8, 4) is 0 Å². The zero-order chi connectivity index (χ0) is 19.6. The SMILES string of the molecule is COC(=O)C1=C(Nc2ccc(C3CC(=O)NC3=O)cc2)C(=O)N(CCO)C1. The predicted octanol–water partition coefficient (Wildman–Crippen LogP) is -0.510. The van der Waals surface area contributed by atoms with Gasteiger partial charge in [0, 0.05) is 18.7 Å². The van der Waals surface area contributed by atoms with Crippen LogP contribution in [0.4, 0.5) is 5.69 Å². The summed E-state index contributed by atoms with van der Waals surface area (Å²) >= 11 is 0. The Balaban J connectivity index is 1.80. The normalized spacial score (nSPS) is 19.6. The Hall–Kier alpha value is -3.20. The first-order valence-electron chi connectivity index (χ1n) is 8.37. The molecule has 27 heavy (non-hydrogen) atoms. The van der Waals surface area contributed by atoms with Gasteiger partial charge in [-0.15, -0.1) is 0 Å². The molecule has 0 spiro atoms. The first-order chi connectivity index (χ1) is 12.9. The molecule has 1 atom stereocenters. The van der Waals surface area contributed by atoms with Crippen LogP contribution in [0.1, 0.15) is 17.9 Å². The van der Waals surface area contributed by atoms with Crippen molar-refractivity contribution >= 4 is 29.4 Å². The summed E-state index contributed by atoms with van der Waals surface area (Å²) in [6.45, 7) is -0.0601. The van der Waals surface area contributed by atoms with E-state index < -0.39 is 17.8 Å². The van der Waals surface area contributed by atoms with Crippen molar-refractivity contribution in [2.45, 2.75) is 12.3 Å². The fourth-order valence-corrected chi connectivity index (χ4v) is 3.11. The molecule has 1 unspecified atom stereocenters. The van der Waals surface area contributed by atoms with Crippen molar-refractivity contribution in [1.29, 1.82) is 0 Å². The average molecular weight is 373 g/mol. The van der Waals surface area contributed by atoms with Crippen molar-refractivity contribution in [3.63, 3.8) is 0 Å². The molecule has 2 aliphatic rings. The minimum absolute atomic E-state index is 0.0524. The molecule has 0 bridgehead atoms. The van der Waals surface area contributed by atoms with Gasteiger partial charge in [0.2, 0.25) is 11.8 Å². The van der Waals surface area contributed by atoms with Crippen LogP contribution in [0.25, 0.3) is 0 Å². The molecule has 0 radical (unpaired) electrons. The van der Waals surface area contributed by atoms with E-state index in [1.165, 1.54) is 12.0 Å². The van der Waals surface area contributed by atoms with E-state index in [4.69, 9.17) is 9.84 Å². The highest BCUT2D eigenvalue weighted by atomic mass is 16.5. The van der Waals surface area contributed by atoms with Gasteiger partial charge >= 0.3 is 5.97 Å². The molecule has 1 aromatic carbocycles. The molecule has 2 heterocycles. The third kappa shape index (κ3) is 3.68. The second-order valence-electron chi connectivity index (χ2n) is 6.21. The molecule has 2 aliphatic heterocycles. The molecule has 0 aliphatic carbocycles. The maximum atomic E-state index is 12.5. The number of benzene rings is 1. The number of esters is 1. The largest absolute Gasteiger partial charge is 0.466 e. The van der Waals surface area contributed by atoms with Crippen LogP contribution in [0.2, 0.25) is 0 Å².